The molecule has 4 N–H and O–H groups in total. The second-order valence-corrected chi connectivity index (χ2v) is 3.78. The third-order valence-electron chi connectivity index (χ3n) is 2.38. The molecule has 0 bridgehead atoms. The molecule has 1 rings (SSSR count). The van der Waals surface area contributed by atoms with E-state index in [0.717, 1.165) is 19.4 Å². The van der Waals surface area contributed by atoms with E-state index >= 15 is 0 Å². The van der Waals surface area contributed by atoms with Crippen molar-refractivity contribution in [3.63, 3.8) is 0 Å². The second-order valence-electron chi connectivity index (χ2n) is 3.78. The van der Waals surface area contributed by atoms with E-state index in [-0.39, 0.29) is 5.56 Å². The molecule has 0 aromatic carbocycles. The van der Waals surface area contributed by atoms with E-state index in [1.54, 1.807) is 0 Å². The maximum atomic E-state index is 13.3. The Bertz CT molecular complexity index is 494. The molecule has 1 amide bonds. The molecule has 2 unspecified atom stereocenters. The molecular weight excluding hydrogens is 259 g/mol. The quantitative estimate of drug-likeness (QED) is 0.480. The third kappa shape index (κ3) is 3.70. The number of primary amides is 1. The first-order valence-corrected chi connectivity index (χ1v) is 5.25. The van der Waals surface area contributed by atoms with Crippen molar-refractivity contribution in [2.24, 2.45) is 5.73 Å². The Morgan fingerprint density at radius 3 is 2.68 bits per heavy atom. The van der Waals surface area contributed by atoms with Gasteiger partial charge < -0.3 is 20.7 Å². The Kier molecular flexibility index (Phi) is 4.90. The zero-order chi connectivity index (χ0) is 14.6. The van der Waals surface area contributed by atoms with Crippen molar-refractivity contribution >= 4 is 11.9 Å². The number of esters is 1. The molecule has 7 nitrogen and oxygen atoms in total. The zero-order valence-electron chi connectivity index (χ0n) is 10.0. The summed E-state index contributed by atoms with van der Waals surface area (Å²) in [5.41, 5.74) is 4.36. The highest BCUT2D eigenvalue weighted by Crippen LogP contribution is 2.20. The van der Waals surface area contributed by atoms with Gasteiger partial charge in [-0.1, -0.05) is 0 Å². The Labute approximate surface area is 107 Å². The molecule has 0 aliphatic heterocycles. The van der Waals surface area contributed by atoms with Crippen LogP contribution in [0.15, 0.2) is 12.3 Å². The molecule has 0 radical (unpaired) electrons. The van der Waals surface area contributed by atoms with E-state index in [9.17, 15) is 24.2 Å². The number of hydrogen-bond donors (Lipinski definition) is 3. The average Bonchev–Trinajstić information content (AvgIpc) is 2.36. The number of methoxy groups -OCH3 is 1. The SMILES string of the molecule is COC(=O)c1cc(C(O)C(O)CC(N)=O)cnc1F. The molecule has 2 atom stereocenters. The molecule has 1 heterocycles. The standard InChI is InChI=1S/C11H13FN2O5/c1-19-11(18)6-2-5(4-14-10(6)12)9(17)7(15)3-8(13)16/h2,4,7,9,15,17H,3H2,1H3,(H2,13,16). The van der Waals surface area contributed by atoms with Gasteiger partial charge in [0.25, 0.3) is 0 Å². The van der Waals surface area contributed by atoms with Crippen LogP contribution in [-0.4, -0.2) is 40.3 Å². The van der Waals surface area contributed by atoms with Crippen molar-refractivity contribution in [1.82, 2.24) is 4.98 Å². The van der Waals surface area contributed by atoms with Crippen molar-refractivity contribution in [2.75, 3.05) is 7.11 Å². The van der Waals surface area contributed by atoms with Crippen LogP contribution in [0.5, 0.6) is 0 Å². The number of ether oxygens (including phenoxy) is 1. The molecule has 0 saturated heterocycles. The molecular formula is C11H13FN2O5. The van der Waals surface area contributed by atoms with Crippen LogP contribution in [-0.2, 0) is 9.53 Å². The minimum Gasteiger partial charge on any atom is -0.465 e. The lowest BCUT2D eigenvalue weighted by molar-refractivity contribution is -0.121. The summed E-state index contributed by atoms with van der Waals surface area (Å²) in [5.74, 6) is -2.84. The molecule has 0 fully saturated rings. The molecule has 0 aliphatic carbocycles. The summed E-state index contributed by atoms with van der Waals surface area (Å²) >= 11 is 0. The number of carbonyl (C=O) groups excluding carboxylic acids is 2. The Morgan fingerprint density at radius 1 is 1.53 bits per heavy atom. The topological polar surface area (TPSA) is 123 Å². The van der Waals surface area contributed by atoms with Crippen molar-refractivity contribution in [2.45, 2.75) is 18.6 Å². The lowest BCUT2D eigenvalue weighted by atomic mass is 10.0. The summed E-state index contributed by atoms with van der Waals surface area (Å²) in [6.07, 6.45) is -2.54. The summed E-state index contributed by atoms with van der Waals surface area (Å²) in [5, 5.41) is 19.2. The number of aliphatic hydroxyl groups excluding tert-OH is 2. The van der Waals surface area contributed by atoms with Crippen molar-refractivity contribution in [3.8, 4) is 0 Å². The van der Waals surface area contributed by atoms with Crippen LogP contribution in [0, 0.1) is 5.95 Å². The van der Waals surface area contributed by atoms with E-state index in [1.807, 2.05) is 0 Å². The van der Waals surface area contributed by atoms with E-state index < -0.39 is 42.0 Å². The monoisotopic (exact) mass is 272 g/mol. The Morgan fingerprint density at radius 2 is 2.16 bits per heavy atom. The molecule has 19 heavy (non-hydrogen) atoms. The van der Waals surface area contributed by atoms with Crippen LogP contribution in [0.1, 0.15) is 28.4 Å². The highest BCUT2D eigenvalue weighted by Gasteiger charge is 2.23. The van der Waals surface area contributed by atoms with Crippen LogP contribution < -0.4 is 5.73 Å². The van der Waals surface area contributed by atoms with Crippen molar-refractivity contribution < 1.29 is 28.9 Å². The first-order valence-electron chi connectivity index (χ1n) is 5.25. The lowest BCUT2D eigenvalue weighted by Crippen LogP contribution is -2.26. The van der Waals surface area contributed by atoms with Crippen molar-refractivity contribution in [1.29, 1.82) is 0 Å². The number of nitrogens with zero attached hydrogens (tertiary/aromatic N) is 1. The number of halogens is 1. The van der Waals surface area contributed by atoms with Gasteiger partial charge >= 0.3 is 5.97 Å². The number of aromatic nitrogens is 1. The van der Waals surface area contributed by atoms with Gasteiger partial charge in [-0.25, -0.2) is 9.78 Å². The van der Waals surface area contributed by atoms with Crippen LogP contribution >= 0.6 is 0 Å². The van der Waals surface area contributed by atoms with E-state index in [2.05, 4.69) is 9.72 Å². The number of pyridine rings is 1. The lowest BCUT2D eigenvalue weighted by Gasteiger charge is -2.17. The predicted octanol–water partition coefficient (Wildman–Crippen LogP) is -0.723. The van der Waals surface area contributed by atoms with Crippen LogP contribution in [0.3, 0.4) is 0 Å². The largest absolute Gasteiger partial charge is 0.465 e. The number of rotatable bonds is 5. The van der Waals surface area contributed by atoms with E-state index in [1.165, 1.54) is 0 Å². The maximum Gasteiger partial charge on any atom is 0.342 e. The first kappa shape index (κ1) is 15.0. The molecule has 0 aliphatic rings. The molecule has 1 aromatic rings. The van der Waals surface area contributed by atoms with Crippen LogP contribution in [0.2, 0.25) is 0 Å². The summed E-state index contributed by atoms with van der Waals surface area (Å²) in [7, 11) is 1.06. The van der Waals surface area contributed by atoms with Crippen molar-refractivity contribution in [3.05, 3.63) is 29.3 Å². The van der Waals surface area contributed by atoms with Gasteiger partial charge in [0.1, 0.15) is 11.7 Å². The van der Waals surface area contributed by atoms with Crippen LogP contribution in [0.25, 0.3) is 0 Å². The smallest absolute Gasteiger partial charge is 0.342 e. The Hall–Kier alpha value is -2.06. The first-order chi connectivity index (χ1) is 8.86. The average molecular weight is 272 g/mol. The van der Waals surface area contributed by atoms with Gasteiger partial charge in [-0.3, -0.25) is 4.79 Å². The molecule has 1 aromatic heterocycles. The number of aliphatic hydroxyl groups is 2. The number of amides is 1. The minimum atomic E-state index is -1.52. The summed E-state index contributed by atoms with van der Waals surface area (Å²) < 4.78 is 17.6. The summed E-state index contributed by atoms with van der Waals surface area (Å²) in [6.45, 7) is 0. The van der Waals surface area contributed by atoms with Gasteiger partial charge in [0.05, 0.1) is 19.6 Å². The predicted molar refractivity (Wildman–Crippen MR) is 60.3 cm³/mol. The normalized spacial score (nSPS) is 13.7. The van der Waals surface area contributed by atoms with E-state index in [4.69, 9.17) is 5.73 Å². The van der Waals surface area contributed by atoms with Gasteiger partial charge in [0.2, 0.25) is 11.9 Å². The second kappa shape index (κ2) is 6.21. The van der Waals surface area contributed by atoms with Gasteiger partial charge in [-0.2, -0.15) is 4.39 Å². The molecule has 0 spiro atoms. The fourth-order valence-electron chi connectivity index (χ4n) is 1.42. The molecule has 0 saturated carbocycles. The number of nitrogens with two attached hydrogens (primary N) is 1. The third-order valence-corrected chi connectivity index (χ3v) is 2.38. The fourth-order valence-corrected chi connectivity index (χ4v) is 1.42. The fraction of sp³-hybridized carbons (Fsp3) is 0.364. The van der Waals surface area contributed by atoms with Gasteiger partial charge in [-0.05, 0) is 6.07 Å². The number of hydrogen-bond acceptors (Lipinski definition) is 6. The summed E-state index contributed by atoms with van der Waals surface area (Å²) in [6, 6.07) is 0.989. The number of carbonyl (C=O) groups is 2. The minimum absolute atomic E-state index is 0.0319. The molecule has 8 heteroatoms. The van der Waals surface area contributed by atoms with Gasteiger partial charge in [0, 0.05) is 11.8 Å². The Balaban J connectivity index is 3.01. The van der Waals surface area contributed by atoms with Gasteiger partial charge in [0.15, 0.2) is 0 Å². The van der Waals surface area contributed by atoms with Gasteiger partial charge in [-0.15, -0.1) is 0 Å². The maximum absolute atomic E-state index is 13.3. The van der Waals surface area contributed by atoms with E-state index in [0.29, 0.717) is 0 Å². The highest BCUT2D eigenvalue weighted by atomic mass is 19.1. The summed E-state index contributed by atoms with van der Waals surface area (Å²) in [4.78, 5) is 25.1. The zero-order valence-corrected chi connectivity index (χ0v) is 10.0. The van der Waals surface area contributed by atoms with Crippen LogP contribution in [0.4, 0.5) is 4.39 Å². The highest BCUT2D eigenvalue weighted by molar-refractivity contribution is 5.89. The molecule has 104 valence electrons.